The second-order valence-electron chi connectivity index (χ2n) is 10.3. The van der Waals surface area contributed by atoms with Gasteiger partial charge in [0.05, 0.1) is 12.7 Å². The van der Waals surface area contributed by atoms with Gasteiger partial charge in [-0.05, 0) is 73.5 Å². The zero-order chi connectivity index (χ0) is 21.2. The van der Waals surface area contributed by atoms with E-state index in [0.717, 1.165) is 44.1 Å². The minimum atomic E-state index is -0.792. The molecule has 0 radical (unpaired) electrons. The Kier molecular flexibility index (Phi) is 4.28. The first-order valence-electron chi connectivity index (χ1n) is 11.7. The van der Waals surface area contributed by atoms with Crippen LogP contribution in [0.25, 0.3) is 10.9 Å². The maximum Gasteiger partial charge on any atom is 0.119 e. The van der Waals surface area contributed by atoms with Crippen molar-refractivity contribution in [2.45, 2.75) is 50.0 Å². The Labute approximate surface area is 184 Å². The summed E-state index contributed by atoms with van der Waals surface area (Å²) >= 11 is 0. The highest BCUT2D eigenvalue weighted by Crippen LogP contribution is 2.52. The number of nitrogens with zero attached hydrogens (tertiary/aromatic N) is 1. The molecular weight excluding hydrogens is 384 g/mol. The number of aromatic amines is 1. The van der Waals surface area contributed by atoms with Crippen molar-refractivity contribution < 1.29 is 9.84 Å². The number of rotatable bonds is 4. The Bertz CT molecular complexity index is 1150. The molecule has 4 nitrogen and oxygen atoms in total. The number of hydrogen-bond acceptors (Lipinski definition) is 3. The molecule has 1 aromatic heterocycles. The Morgan fingerprint density at radius 3 is 2.84 bits per heavy atom. The minimum absolute atomic E-state index is 0.301. The lowest BCUT2D eigenvalue weighted by molar-refractivity contribution is -0.103. The first-order valence-corrected chi connectivity index (χ1v) is 11.7. The number of aryl methyl sites for hydroxylation is 1. The average Bonchev–Trinajstić information content (AvgIpc) is 3.51. The Morgan fingerprint density at radius 1 is 1.16 bits per heavy atom. The van der Waals surface area contributed by atoms with Gasteiger partial charge in [0.2, 0.25) is 0 Å². The van der Waals surface area contributed by atoms with Gasteiger partial charge in [-0.25, -0.2) is 0 Å². The molecule has 2 N–H and O–H groups in total. The zero-order valence-electron chi connectivity index (χ0n) is 18.6. The SMILES string of the molecule is COc1cccc(C23CCN(CC4CC4)CC2(O)Cc2c([nH]c4cc(C)ccc24)C3)c1. The molecule has 2 unspecified atom stereocenters. The van der Waals surface area contributed by atoms with Gasteiger partial charge in [-0.1, -0.05) is 24.3 Å². The van der Waals surface area contributed by atoms with Crippen LogP contribution in [0.15, 0.2) is 42.5 Å². The molecule has 162 valence electrons. The highest BCUT2D eigenvalue weighted by molar-refractivity contribution is 5.86. The van der Waals surface area contributed by atoms with Gasteiger partial charge in [-0.2, -0.15) is 0 Å². The topological polar surface area (TPSA) is 48.5 Å². The van der Waals surface area contributed by atoms with Gasteiger partial charge >= 0.3 is 0 Å². The van der Waals surface area contributed by atoms with Crippen molar-refractivity contribution in [1.82, 2.24) is 9.88 Å². The van der Waals surface area contributed by atoms with E-state index in [2.05, 4.69) is 53.2 Å². The lowest BCUT2D eigenvalue weighted by Crippen LogP contribution is -2.66. The van der Waals surface area contributed by atoms with Crippen LogP contribution >= 0.6 is 0 Å². The number of benzene rings is 2. The first kappa shape index (κ1) is 19.4. The predicted molar refractivity (Wildman–Crippen MR) is 124 cm³/mol. The fourth-order valence-electron chi connectivity index (χ4n) is 6.29. The lowest BCUT2D eigenvalue weighted by Gasteiger charge is -2.56. The van der Waals surface area contributed by atoms with E-state index in [1.807, 2.05) is 6.07 Å². The Balaban J connectivity index is 1.49. The van der Waals surface area contributed by atoms with Crippen LogP contribution in [0, 0.1) is 12.8 Å². The monoisotopic (exact) mass is 416 g/mol. The summed E-state index contributed by atoms with van der Waals surface area (Å²) in [5.41, 5.74) is 5.18. The van der Waals surface area contributed by atoms with Crippen molar-refractivity contribution in [2.24, 2.45) is 5.92 Å². The van der Waals surface area contributed by atoms with E-state index >= 15 is 0 Å². The second-order valence-corrected chi connectivity index (χ2v) is 10.3. The van der Waals surface area contributed by atoms with Gasteiger partial charge in [0.1, 0.15) is 5.75 Å². The van der Waals surface area contributed by atoms with E-state index in [4.69, 9.17) is 4.74 Å². The van der Waals surface area contributed by atoms with E-state index in [1.165, 1.54) is 46.1 Å². The number of fused-ring (bicyclic) bond motifs is 4. The molecule has 3 aliphatic rings. The molecular formula is C27H32N2O2. The molecule has 4 heteroatoms. The quantitative estimate of drug-likeness (QED) is 0.664. The number of aromatic nitrogens is 1. The van der Waals surface area contributed by atoms with Crippen LogP contribution in [-0.4, -0.2) is 47.3 Å². The smallest absolute Gasteiger partial charge is 0.119 e. The first-order chi connectivity index (χ1) is 15.0. The molecule has 2 heterocycles. The van der Waals surface area contributed by atoms with Gasteiger partial charge < -0.3 is 19.7 Å². The number of hydrogen-bond donors (Lipinski definition) is 2. The third-order valence-corrected chi connectivity index (χ3v) is 8.16. The molecule has 2 aromatic carbocycles. The van der Waals surface area contributed by atoms with E-state index in [1.54, 1.807) is 7.11 Å². The van der Waals surface area contributed by atoms with Crippen LogP contribution in [0.5, 0.6) is 5.75 Å². The van der Waals surface area contributed by atoms with E-state index < -0.39 is 5.60 Å². The number of methoxy groups -OCH3 is 1. The number of H-pyrrole nitrogens is 1. The summed E-state index contributed by atoms with van der Waals surface area (Å²) in [6.45, 7) is 5.07. The maximum atomic E-state index is 12.4. The van der Waals surface area contributed by atoms with Gasteiger partial charge in [-0.15, -0.1) is 0 Å². The average molecular weight is 417 g/mol. The molecule has 6 rings (SSSR count). The van der Waals surface area contributed by atoms with Gasteiger partial charge in [0.15, 0.2) is 0 Å². The van der Waals surface area contributed by atoms with Crippen LogP contribution in [0.1, 0.15) is 41.6 Å². The summed E-state index contributed by atoms with van der Waals surface area (Å²) in [6, 6.07) is 15.1. The van der Waals surface area contributed by atoms with Gasteiger partial charge in [0.25, 0.3) is 0 Å². The van der Waals surface area contributed by atoms with E-state index in [-0.39, 0.29) is 5.41 Å². The van der Waals surface area contributed by atoms with E-state index in [0.29, 0.717) is 6.42 Å². The molecule has 1 aliphatic heterocycles. The third kappa shape index (κ3) is 3.03. The summed E-state index contributed by atoms with van der Waals surface area (Å²) in [4.78, 5) is 6.26. The number of ether oxygens (including phenoxy) is 1. The minimum Gasteiger partial charge on any atom is -0.497 e. The maximum absolute atomic E-state index is 12.4. The van der Waals surface area contributed by atoms with E-state index in [9.17, 15) is 5.11 Å². The Morgan fingerprint density at radius 2 is 2.03 bits per heavy atom. The number of likely N-dealkylation sites (tertiary alicyclic amines) is 1. The molecule has 0 bridgehead atoms. The molecule has 1 saturated carbocycles. The summed E-state index contributed by atoms with van der Waals surface area (Å²) in [6.07, 6.45) is 5.21. The zero-order valence-corrected chi connectivity index (χ0v) is 18.6. The van der Waals surface area contributed by atoms with Crippen molar-refractivity contribution >= 4 is 10.9 Å². The normalized spacial score (nSPS) is 28.4. The number of nitrogens with one attached hydrogen (secondary N) is 1. The van der Waals surface area contributed by atoms with Gasteiger partial charge in [0, 0.05) is 47.9 Å². The summed E-state index contributed by atoms with van der Waals surface area (Å²) in [5.74, 6) is 1.70. The molecule has 0 amide bonds. The molecule has 0 spiro atoms. The molecule has 3 aromatic rings. The molecule has 2 aliphatic carbocycles. The number of piperidine rings is 1. The van der Waals surface area contributed by atoms with Crippen molar-refractivity contribution in [3.05, 3.63) is 64.8 Å². The van der Waals surface area contributed by atoms with Crippen LogP contribution in [0.3, 0.4) is 0 Å². The predicted octanol–water partition coefficient (Wildman–Crippen LogP) is 4.37. The van der Waals surface area contributed by atoms with Gasteiger partial charge in [-0.3, -0.25) is 0 Å². The van der Waals surface area contributed by atoms with Crippen LogP contribution in [0.2, 0.25) is 0 Å². The highest BCUT2D eigenvalue weighted by atomic mass is 16.5. The van der Waals surface area contributed by atoms with Crippen molar-refractivity contribution in [1.29, 1.82) is 0 Å². The Hall–Kier alpha value is -2.30. The fraction of sp³-hybridized carbons (Fsp3) is 0.481. The second kappa shape index (κ2) is 6.85. The summed E-state index contributed by atoms with van der Waals surface area (Å²) < 4.78 is 5.57. The highest BCUT2D eigenvalue weighted by Gasteiger charge is 2.57. The number of β-amino-alcohol motifs (C(OH)–C–C–N with tert-alkyl or cyclic N) is 1. The fourth-order valence-corrected chi connectivity index (χ4v) is 6.29. The molecule has 2 atom stereocenters. The standard InChI is InChI=1S/C27H32N2O2/c1-18-6-9-22-23-14-27(30)17-29(16-19-7-8-19)11-10-26(27,15-25(23)28-24(22)12-18)20-4-3-5-21(13-20)31-2/h3-6,9,12-13,19,28,30H,7-8,10-11,14-17H2,1-2H3. The number of aliphatic hydroxyl groups is 1. The van der Waals surface area contributed by atoms with Crippen LogP contribution in [-0.2, 0) is 18.3 Å². The van der Waals surface area contributed by atoms with Crippen molar-refractivity contribution in [3.8, 4) is 5.75 Å². The molecule has 1 saturated heterocycles. The lowest BCUT2D eigenvalue weighted by atomic mass is 9.56. The third-order valence-electron chi connectivity index (χ3n) is 8.16. The van der Waals surface area contributed by atoms with Crippen LogP contribution in [0.4, 0.5) is 0 Å². The largest absolute Gasteiger partial charge is 0.497 e. The summed E-state index contributed by atoms with van der Waals surface area (Å²) in [5, 5.41) is 13.7. The summed E-state index contributed by atoms with van der Waals surface area (Å²) in [7, 11) is 1.72. The molecule has 31 heavy (non-hydrogen) atoms. The molecule has 2 fully saturated rings. The van der Waals surface area contributed by atoms with Crippen LogP contribution < -0.4 is 4.74 Å². The van der Waals surface area contributed by atoms with Crippen molar-refractivity contribution in [3.63, 3.8) is 0 Å². The van der Waals surface area contributed by atoms with Crippen molar-refractivity contribution in [2.75, 3.05) is 26.7 Å².